The van der Waals surface area contributed by atoms with Gasteiger partial charge in [-0.2, -0.15) is 0 Å². The van der Waals surface area contributed by atoms with Crippen LogP contribution in [0, 0.1) is 11.3 Å². The first-order valence-electron chi connectivity index (χ1n) is 6.27. The Kier molecular flexibility index (Phi) is 3.13. The van der Waals surface area contributed by atoms with Gasteiger partial charge in [0.05, 0.1) is 0 Å². The summed E-state index contributed by atoms with van der Waals surface area (Å²) in [6, 6.07) is 0.586. The molecule has 2 saturated carbocycles. The Morgan fingerprint density at radius 2 is 2.00 bits per heavy atom. The number of nitrogens with one attached hydrogen (secondary N) is 1. The predicted molar refractivity (Wildman–Crippen MR) is 59.6 cm³/mol. The van der Waals surface area contributed by atoms with Crippen molar-refractivity contribution in [1.29, 1.82) is 0 Å². The van der Waals surface area contributed by atoms with Crippen LogP contribution in [-0.4, -0.2) is 6.04 Å². The fourth-order valence-corrected chi connectivity index (χ4v) is 3.21. The zero-order valence-electron chi connectivity index (χ0n) is 9.39. The highest BCUT2D eigenvalue weighted by Gasteiger charge is 2.41. The molecular weight excluding hydrogens is 172 g/mol. The van der Waals surface area contributed by atoms with Crippen molar-refractivity contribution < 1.29 is 0 Å². The number of nitrogens with two attached hydrogens (primary N) is 1. The van der Waals surface area contributed by atoms with E-state index in [1.54, 1.807) is 0 Å². The Morgan fingerprint density at radius 3 is 2.43 bits per heavy atom. The largest absolute Gasteiger partial charge is 0.271 e. The summed E-state index contributed by atoms with van der Waals surface area (Å²) < 4.78 is 0. The van der Waals surface area contributed by atoms with Crippen molar-refractivity contribution in [2.45, 2.75) is 64.3 Å². The van der Waals surface area contributed by atoms with Crippen LogP contribution in [0.15, 0.2) is 0 Å². The summed E-state index contributed by atoms with van der Waals surface area (Å²) in [5.41, 5.74) is 3.65. The van der Waals surface area contributed by atoms with Gasteiger partial charge in [-0.1, -0.05) is 32.6 Å². The monoisotopic (exact) mass is 196 g/mol. The Balaban J connectivity index is 1.98. The van der Waals surface area contributed by atoms with Gasteiger partial charge in [0.2, 0.25) is 0 Å². The molecule has 0 heterocycles. The second-order valence-electron chi connectivity index (χ2n) is 5.32. The fraction of sp³-hybridized carbons (Fsp3) is 1.00. The van der Waals surface area contributed by atoms with Gasteiger partial charge in [-0.3, -0.25) is 11.3 Å². The van der Waals surface area contributed by atoms with Crippen LogP contribution >= 0.6 is 0 Å². The maximum absolute atomic E-state index is 5.74. The zero-order valence-corrected chi connectivity index (χ0v) is 9.39. The molecule has 2 rings (SSSR count). The molecule has 0 aliphatic heterocycles. The number of hydrazine groups is 1. The third-order valence-corrected chi connectivity index (χ3v) is 4.51. The molecule has 82 valence electrons. The molecule has 2 fully saturated rings. The van der Waals surface area contributed by atoms with Gasteiger partial charge in [0.25, 0.3) is 0 Å². The van der Waals surface area contributed by atoms with Crippen molar-refractivity contribution >= 4 is 0 Å². The molecule has 0 aromatic rings. The predicted octanol–water partition coefficient (Wildman–Crippen LogP) is 2.59. The molecular formula is C12H24N2. The van der Waals surface area contributed by atoms with Gasteiger partial charge in [-0.05, 0) is 37.0 Å². The Morgan fingerprint density at radius 1 is 1.36 bits per heavy atom. The Labute approximate surface area is 87.6 Å². The average molecular weight is 196 g/mol. The summed E-state index contributed by atoms with van der Waals surface area (Å²) >= 11 is 0. The van der Waals surface area contributed by atoms with Gasteiger partial charge >= 0.3 is 0 Å². The molecule has 14 heavy (non-hydrogen) atoms. The molecule has 0 radical (unpaired) electrons. The summed E-state index contributed by atoms with van der Waals surface area (Å²) in [4.78, 5) is 0. The van der Waals surface area contributed by atoms with Gasteiger partial charge < -0.3 is 0 Å². The van der Waals surface area contributed by atoms with Gasteiger partial charge in [0.15, 0.2) is 0 Å². The minimum atomic E-state index is 0.539. The number of hydrogen-bond donors (Lipinski definition) is 2. The van der Waals surface area contributed by atoms with Crippen molar-refractivity contribution in [2.75, 3.05) is 0 Å². The van der Waals surface area contributed by atoms with Crippen LogP contribution in [0.2, 0.25) is 0 Å². The molecule has 0 bridgehead atoms. The standard InChI is InChI=1S/C12H24N2/c1-2-12(7-3-4-8-12)11(14-13)9-10-5-6-10/h10-11,14H,2-9,13H2,1H3. The van der Waals surface area contributed by atoms with Gasteiger partial charge in [-0.25, -0.2) is 0 Å². The first kappa shape index (κ1) is 10.4. The van der Waals surface area contributed by atoms with Gasteiger partial charge in [0.1, 0.15) is 0 Å². The Bertz CT molecular complexity index is 181. The van der Waals surface area contributed by atoms with E-state index in [9.17, 15) is 0 Å². The van der Waals surface area contributed by atoms with E-state index in [-0.39, 0.29) is 0 Å². The maximum atomic E-state index is 5.74. The molecule has 0 aromatic heterocycles. The fourth-order valence-electron chi connectivity index (χ4n) is 3.21. The maximum Gasteiger partial charge on any atom is 0.0269 e. The molecule has 2 aliphatic rings. The molecule has 1 atom stereocenters. The van der Waals surface area contributed by atoms with E-state index in [0.717, 1.165) is 5.92 Å². The van der Waals surface area contributed by atoms with Crippen LogP contribution in [0.25, 0.3) is 0 Å². The van der Waals surface area contributed by atoms with E-state index >= 15 is 0 Å². The molecule has 2 heteroatoms. The SMILES string of the molecule is CCC1(C(CC2CC2)NN)CCCC1. The molecule has 2 nitrogen and oxygen atoms in total. The zero-order chi connectivity index (χ0) is 10.0. The van der Waals surface area contributed by atoms with Crippen LogP contribution in [-0.2, 0) is 0 Å². The van der Waals surface area contributed by atoms with Gasteiger partial charge in [0, 0.05) is 6.04 Å². The second kappa shape index (κ2) is 4.19. The Hall–Kier alpha value is -0.0800. The normalized spacial score (nSPS) is 27.9. The summed E-state index contributed by atoms with van der Waals surface area (Å²) in [5.74, 6) is 6.73. The smallest absolute Gasteiger partial charge is 0.0269 e. The molecule has 0 amide bonds. The van der Waals surface area contributed by atoms with Crippen molar-refractivity contribution in [3.8, 4) is 0 Å². The molecule has 2 aliphatic carbocycles. The van der Waals surface area contributed by atoms with Crippen LogP contribution in [0.3, 0.4) is 0 Å². The lowest BCUT2D eigenvalue weighted by Gasteiger charge is -2.36. The molecule has 0 saturated heterocycles. The number of hydrogen-bond acceptors (Lipinski definition) is 2. The minimum Gasteiger partial charge on any atom is -0.271 e. The summed E-state index contributed by atoms with van der Waals surface area (Å²) in [6.07, 6.45) is 11.1. The summed E-state index contributed by atoms with van der Waals surface area (Å²) in [6.45, 7) is 2.34. The van der Waals surface area contributed by atoms with Crippen molar-refractivity contribution in [1.82, 2.24) is 5.43 Å². The van der Waals surface area contributed by atoms with Crippen molar-refractivity contribution in [2.24, 2.45) is 17.2 Å². The van der Waals surface area contributed by atoms with E-state index in [2.05, 4.69) is 12.3 Å². The van der Waals surface area contributed by atoms with E-state index in [0.29, 0.717) is 11.5 Å². The first-order valence-corrected chi connectivity index (χ1v) is 6.27. The van der Waals surface area contributed by atoms with Crippen LogP contribution < -0.4 is 11.3 Å². The van der Waals surface area contributed by atoms with Gasteiger partial charge in [-0.15, -0.1) is 0 Å². The lowest BCUT2D eigenvalue weighted by atomic mass is 9.74. The van der Waals surface area contributed by atoms with E-state index in [4.69, 9.17) is 5.84 Å². The first-order chi connectivity index (χ1) is 6.80. The molecule has 0 spiro atoms. The van der Waals surface area contributed by atoms with E-state index < -0.39 is 0 Å². The van der Waals surface area contributed by atoms with E-state index in [1.807, 2.05) is 0 Å². The third kappa shape index (κ3) is 1.96. The minimum absolute atomic E-state index is 0.539. The van der Waals surface area contributed by atoms with Crippen molar-refractivity contribution in [3.05, 3.63) is 0 Å². The highest BCUT2D eigenvalue weighted by atomic mass is 15.2. The second-order valence-corrected chi connectivity index (χ2v) is 5.32. The highest BCUT2D eigenvalue weighted by molar-refractivity contribution is 4.95. The number of rotatable bonds is 5. The van der Waals surface area contributed by atoms with E-state index in [1.165, 1.54) is 51.4 Å². The quantitative estimate of drug-likeness (QED) is 0.524. The topological polar surface area (TPSA) is 38.0 Å². The summed E-state index contributed by atoms with van der Waals surface area (Å²) in [5, 5.41) is 0. The molecule has 3 N–H and O–H groups in total. The van der Waals surface area contributed by atoms with Crippen molar-refractivity contribution in [3.63, 3.8) is 0 Å². The molecule has 0 aromatic carbocycles. The third-order valence-electron chi connectivity index (χ3n) is 4.51. The summed E-state index contributed by atoms with van der Waals surface area (Å²) in [7, 11) is 0. The van der Waals surface area contributed by atoms with Crippen LogP contribution in [0.5, 0.6) is 0 Å². The average Bonchev–Trinajstić information content (AvgIpc) is 2.91. The van der Waals surface area contributed by atoms with Crippen LogP contribution in [0.4, 0.5) is 0 Å². The lowest BCUT2D eigenvalue weighted by Crippen LogP contribution is -2.47. The molecule has 1 unspecified atom stereocenters. The van der Waals surface area contributed by atoms with Crippen LogP contribution in [0.1, 0.15) is 58.3 Å². The lowest BCUT2D eigenvalue weighted by molar-refractivity contribution is 0.172. The highest BCUT2D eigenvalue weighted by Crippen LogP contribution is 2.47.